The van der Waals surface area contributed by atoms with Crippen LogP contribution >= 0.6 is 0 Å². The summed E-state index contributed by atoms with van der Waals surface area (Å²) in [5.74, 6) is -3.56. The molecular weight excluding hydrogens is 493 g/mol. The Hall–Kier alpha value is -4.24. The number of hydrogen-bond donors (Lipinski definition) is 1. The first kappa shape index (κ1) is 25.4. The van der Waals surface area contributed by atoms with Gasteiger partial charge in [-0.2, -0.15) is 0 Å². The highest BCUT2D eigenvalue weighted by Crippen LogP contribution is 2.39. The zero-order chi connectivity index (χ0) is 26.9. The number of hydrogen-bond acceptors (Lipinski definition) is 5. The standard InChI is InChI=1S/C29H25F3N4O2/c1-18-12-19(2)35-28(34-18)38-17-29(20-8-4-3-5-9-20)23-10-6-7-11-26(23)36(27(37)15-33-29)16-22-24(31)13-21(30)14-25(22)32/h3-14,33H,15-17H2,1-2H3/t29-/m0/s1. The zero-order valence-electron chi connectivity index (χ0n) is 20.8. The Labute approximate surface area is 218 Å². The van der Waals surface area contributed by atoms with Crippen LogP contribution < -0.4 is 15.0 Å². The molecule has 9 heteroatoms. The van der Waals surface area contributed by atoms with E-state index in [2.05, 4.69) is 15.3 Å². The molecule has 0 saturated carbocycles. The summed E-state index contributed by atoms with van der Waals surface area (Å²) >= 11 is 0. The number of halogens is 3. The van der Waals surface area contributed by atoms with Crippen molar-refractivity contribution in [3.63, 3.8) is 0 Å². The maximum Gasteiger partial charge on any atom is 0.316 e. The Morgan fingerprint density at radius 3 is 2.24 bits per heavy atom. The van der Waals surface area contributed by atoms with E-state index in [-0.39, 0.29) is 19.2 Å². The molecule has 194 valence electrons. The van der Waals surface area contributed by atoms with E-state index in [4.69, 9.17) is 4.74 Å². The molecule has 1 aliphatic heterocycles. The molecule has 2 heterocycles. The van der Waals surface area contributed by atoms with Gasteiger partial charge in [0.25, 0.3) is 0 Å². The molecule has 0 spiro atoms. The van der Waals surface area contributed by atoms with E-state index in [0.717, 1.165) is 17.0 Å². The van der Waals surface area contributed by atoms with Gasteiger partial charge in [-0.3, -0.25) is 10.1 Å². The summed E-state index contributed by atoms with van der Waals surface area (Å²) < 4.78 is 48.9. The fraction of sp³-hybridized carbons (Fsp3) is 0.207. The van der Waals surface area contributed by atoms with Gasteiger partial charge in [-0.1, -0.05) is 48.5 Å². The molecule has 0 fully saturated rings. The van der Waals surface area contributed by atoms with E-state index < -0.39 is 41.0 Å². The maximum atomic E-state index is 14.6. The van der Waals surface area contributed by atoms with Crippen molar-refractivity contribution < 1.29 is 22.7 Å². The minimum absolute atomic E-state index is 0.0251. The third-order valence-electron chi connectivity index (χ3n) is 6.57. The lowest BCUT2D eigenvalue weighted by molar-refractivity contribution is -0.118. The molecule has 6 nitrogen and oxygen atoms in total. The van der Waals surface area contributed by atoms with E-state index in [1.165, 1.54) is 4.90 Å². The van der Waals surface area contributed by atoms with Crippen LogP contribution in [0.25, 0.3) is 0 Å². The van der Waals surface area contributed by atoms with Gasteiger partial charge < -0.3 is 9.64 Å². The highest BCUT2D eigenvalue weighted by molar-refractivity contribution is 5.97. The molecule has 0 aliphatic carbocycles. The van der Waals surface area contributed by atoms with Crippen LogP contribution in [0.2, 0.25) is 0 Å². The van der Waals surface area contributed by atoms with E-state index in [1.807, 2.05) is 62.4 Å². The summed E-state index contributed by atoms with van der Waals surface area (Å²) in [5, 5.41) is 3.35. The molecule has 0 saturated heterocycles. The van der Waals surface area contributed by atoms with Gasteiger partial charge >= 0.3 is 6.01 Å². The summed E-state index contributed by atoms with van der Waals surface area (Å²) in [6.07, 6.45) is 0. The van der Waals surface area contributed by atoms with Crippen LogP contribution in [0.4, 0.5) is 18.9 Å². The van der Waals surface area contributed by atoms with Gasteiger partial charge in [0, 0.05) is 40.3 Å². The first-order chi connectivity index (χ1) is 18.3. The number of fused-ring (bicyclic) bond motifs is 1. The van der Waals surface area contributed by atoms with Gasteiger partial charge in [-0.25, -0.2) is 23.1 Å². The molecule has 0 unspecified atom stereocenters. The van der Waals surface area contributed by atoms with Crippen molar-refractivity contribution >= 4 is 11.6 Å². The number of rotatable bonds is 6. The second-order valence-corrected chi connectivity index (χ2v) is 9.19. The first-order valence-electron chi connectivity index (χ1n) is 12.1. The number of aryl methyl sites for hydroxylation is 2. The third-order valence-corrected chi connectivity index (χ3v) is 6.57. The molecular formula is C29H25F3N4O2. The van der Waals surface area contributed by atoms with Crippen LogP contribution in [-0.2, 0) is 16.9 Å². The number of amides is 1. The van der Waals surface area contributed by atoms with Crippen molar-refractivity contribution in [2.45, 2.75) is 25.9 Å². The van der Waals surface area contributed by atoms with Crippen molar-refractivity contribution in [1.29, 1.82) is 0 Å². The molecule has 0 bridgehead atoms. The van der Waals surface area contributed by atoms with Crippen LogP contribution in [0, 0.1) is 31.3 Å². The van der Waals surface area contributed by atoms with E-state index >= 15 is 0 Å². The Bertz CT molecular complexity index is 1460. The number of aromatic nitrogens is 2. The van der Waals surface area contributed by atoms with Crippen molar-refractivity contribution in [2.75, 3.05) is 18.1 Å². The largest absolute Gasteiger partial charge is 0.461 e. The average molecular weight is 519 g/mol. The smallest absolute Gasteiger partial charge is 0.316 e. The minimum atomic E-state index is -1.06. The van der Waals surface area contributed by atoms with Gasteiger partial charge in [0.1, 0.15) is 29.6 Å². The quantitative estimate of drug-likeness (QED) is 0.391. The van der Waals surface area contributed by atoms with Gasteiger partial charge in [0.05, 0.1) is 13.1 Å². The molecule has 1 N–H and O–H groups in total. The first-order valence-corrected chi connectivity index (χ1v) is 12.1. The predicted octanol–water partition coefficient (Wildman–Crippen LogP) is 4.97. The topological polar surface area (TPSA) is 67.3 Å². The summed E-state index contributed by atoms with van der Waals surface area (Å²) in [6.45, 7) is 3.14. The molecule has 1 atom stereocenters. The second kappa shape index (κ2) is 10.3. The van der Waals surface area contributed by atoms with Crippen molar-refractivity contribution in [1.82, 2.24) is 15.3 Å². The number of benzene rings is 3. The van der Waals surface area contributed by atoms with Gasteiger partial charge in [-0.05, 0) is 31.5 Å². The van der Waals surface area contributed by atoms with E-state index in [0.29, 0.717) is 23.4 Å². The Balaban J connectivity index is 1.62. The summed E-state index contributed by atoms with van der Waals surface area (Å²) in [5.41, 5.74) is 1.97. The molecule has 3 aromatic carbocycles. The Kier molecular flexibility index (Phi) is 6.86. The number of nitrogens with zero attached hydrogens (tertiary/aromatic N) is 3. The number of carbonyl (C=O) groups is 1. The molecule has 1 amide bonds. The summed E-state index contributed by atoms with van der Waals surface area (Å²) in [6, 6.07) is 19.8. The Morgan fingerprint density at radius 2 is 1.55 bits per heavy atom. The van der Waals surface area contributed by atoms with Gasteiger partial charge in [0.2, 0.25) is 5.91 Å². The highest BCUT2D eigenvalue weighted by Gasteiger charge is 2.42. The number of para-hydroxylation sites is 1. The van der Waals surface area contributed by atoms with Crippen LogP contribution in [0.3, 0.4) is 0 Å². The summed E-state index contributed by atoms with van der Waals surface area (Å²) in [4.78, 5) is 23.5. The van der Waals surface area contributed by atoms with Gasteiger partial charge in [0.15, 0.2) is 0 Å². The highest BCUT2D eigenvalue weighted by atomic mass is 19.1. The third kappa shape index (κ3) is 4.84. The SMILES string of the molecule is Cc1cc(C)nc(OC[C@@]2(c3ccccc3)NCC(=O)N(Cc3c(F)cc(F)cc3F)c3ccccc32)n1. The minimum Gasteiger partial charge on any atom is -0.461 e. The van der Waals surface area contributed by atoms with Crippen LogP contribution in [0.1, 0.15) is 28.1 Å². The molecule has 0 radical (unpaired) electrons. The predicted molar refractivity (Wildman–Crippen MR) is 136 cm³/mol. The zero-order valence-corrected chi connectivity index (χ0v) is 20.8. The second-order valence-electron chi connectivity index (χ2n) is 9.19. The van der Waals surface area contributed by atoms with Crippen LogP contribution in [0.5, 0.6) is 6.01 Å². The molecule has 38 heavy (non-hydrogen) atoms. The molecule has 5 rings (SSSR count). The fourth-order valence-corrected chi connectivity index (χ4v) is 4.80. The van der Waals surface area contributed by atoms with Crippen LogP contribution in [0.15, 0.2) is 72.8 Å². The lowest BCUT2D eigenvalue weighted by atomic mass is 9.82. The molecule has 1 aromatic heterocycles. The monoisotopic (exact) mass is 518 g/mol. The van der Waals surface area contributed by atoms with Crippen LogP contribution in [-0.4, -0.2) is 29.0 Å². The number of anilines is 1. The van der Waals surface area contributed by atoms with Crippen molar-refractivity contribution in [3.05, 3.63) is 118 Å². The fourth-order valence-electron chi connectivity index (χ4n) is 4.80. The van der Waals surface area contributed by atoms with Crippen molar-refractivity contribution in [3.8, 4) is 6.01 Å². The number of carbonyl (C=O) groups excluding carboxylic acids is 1. The van der Waals surface area contributed by atoms with Gasteiger partial charge in [-0.15, -0.1) is 0 Å². The number of ether oxygens (including phenoxy) is 1. The lowest BCUT2D eigenvalue weighted by Crippen LogP contribution is -2.49. The molecule has 4 aromatic rings. The Morgan fingerprint density at radius 1 is 0.921 bits per heavy atom. The molecule has 1 aliphatic rings. The summed E-state index contributed by atoms with van der Waals surface area (Å²) in [7, 11) is 0. The number of nitrogens with one attached hydrogen (secondary N) is 1. The lowest BCUT2D eigenvalue weighted by Gasteiger charge is -2.35. The maximum absolute atomic E-state index is 14.6. The van der Waals surface area contributed by atoms with E-state index in [9.17, 15) is 18.0 Å². The normalized spacial score (nSPS) is 17.2. The average Bonchev–Trinajstić information content (AvgIpc) is 3.00. The van der Waals surface area contributed by atoms with Crippen molar-refractivity contribution in [2.24, 2.45) is 0 Å². The van der Waals surface area contributed by atoms with E-state index in [1.54, 1.807) is 12.1 Å².